The molecule has 1 heterocycles. The van der Waals surface area contributed by atoms with Crippen LogP contribution in [0.5, 0.6) is 0 Å². The standard InChI is InChI=1S/C17H24N2O2/c1-11(2)18-17(21)14-9-10-15(20)19(4)16(14)13-7-5-12(3)6-8-13/h5-8,11,14,16H,9-10H2,1-4H3,(H,18,21)/t14-,16-/m0/s1. The molecule has 1 aliphatic rings. The van der Waals surface area contributed by atoms with Crippen molar-refractivity contribution in [1.82, 2.24) is 10.2 Å². The molecule has 0 saturated carbocycles. The Balaban J connectivity index is 2.31. The molecule has 0 unspecified atom stereocenters. The molecule has 0 spiro atoms. The van der Waals surface area contributed by atoms with Crippen molar-refractivity contribution in [3.8, 4) is 0 Å². The highest BCUT2D eigenvalue weighted by Crippen LogP contribution is 2.36. The van der Waals surface area contributed by atoms with E-state index in [-0.39, 0.29) is 29.8 Å². The summed E-state index contributed by atoms with van der Waals surface area (Å²) in [6, 6.07) is 8.03. The second-order valence-electron chi connectivity index (χ2n) is 6.17. The van der Waals surface area contributed by atoms with Gasteiger partial charge in [-0.15, -0.1) is 0 Å². The fourth-order valence-electron chi connectivity index (χ4n) is 2.92. The van der Waals surface area contributed by atoms with Gasteiger partial charge in [0.05, 0.1) is 12.0 Å². The van der Waals surface area contributed by atoms with Crippen LogP contribution in [0.25, 0.3) is 0 Å². The normalized spacial score (nSPS) is 22.5. The molecule has 1 fully saturated rings. The summed E-state index contributed by atoms with van der Waals surface area (Å²) >= 11 is 0. The third kappa shape index (κ3) is 3.43. The number of benzene rings is 1. The lowest BCUT2D eigenvalue weighted by molar-refractivity contribution is -0.141. The summed E-state index contributed by atoms with van der Waals surface area (Å²) in [4.78, 5) is 26.2. The number of hydrogen-bond acceptors (Lipinski definition) is 2. The Morgan fingerprint density at radius 1 is 1.29 bits per heavy atom. The molecule has 1 aromatic rings. The molecule has 2 amide bonds. The highest BCUT2D eigenvalue weighted by Gasteiger charge is 2.38. The number of nitrogens with one attached hydrogen (secondary N) is 1. The van der Waals surface area contributed by atoms with Crippen LogP contribution in [-0.2, 0) is 9.59 Å². The number of carbonyl (C=O) groups is 2. The van der Waals surface area contributed by atoms with Gasteiger partial charge in [0, 0.05) is 19.5 Å². The highest BCUT2D eigenvalue weighted by atomic mass is 16.2. The summed E-state index contributed by atoms with van der Waals surface area (Å²) in [7, 11) is 1.79. The maximum absolute atomic E-state index is 12.5. The van der Waals surface area contributed by atoms with Gasteiger partial charge in [-0.2, -0.15) is 0 Å². The van der Waals surface area contributed by atoms with Crippen molar-refractivity contribution in [3.05, 3.63) is 35.4 Å². The van der Waals surface area contributed by atoms with Gasteiger partial charge in [0.15, 0.2) is 0 Å². The first-order valence-corrected chi connectivity index (χ1v) is 7.52. The average Bonchev–Trinajstić information content (AvgIpc) is 2.42. The van der Waals surface area contributed by atoms with Crippen LogP contribution in [0, 0.1) is 12.8 Å². The van der Waals surface area contributed by atoms with Crippen LogP contribution in [0.4, 0.5) is 0 Å². The molecule has 1 N–H and O–H groups in total. The average molecular weight is 288 g/mol. The number of amides is 2. The molecule has 1 aromatic carbocycles. The predicted molar refractivity (Wildman–Crippen MR) is 82.7 cm³/mol. The predicted octanol–water partition coefficient (Wildman–Crippen LogP) is 2.43. The molecule has 1 aliphatic heterocycles. The first kappa shape index (κ1) is 15.5. The molecule has 0 aromatic heterocycles. The molecule has 2 rings (SSSR count). The van der Waals surface area contributed by atoms with Gasteiger partial charge in [0.2, 0.25) is 11.8 Å². The van der Waals surface area contributed by atoms with Crippen molar-refractivity contribution in [1.29, 1.82) is 0 Å². The zero-order valence-electron chi connectivity index (χ0n) is 13.2. The summed E-state index contributed by atoms with van der Waals surface area (Å²) in [5, 5.41) is 2.98. The van der Waals surface area contributed by atoms with Gasteiger partial charge in [-0.05, 0) is 32.8 Å². The third-order valence-electron chi connectivity index (χ3n) is 4.05. The second kappa shape index (κ2) is 6.29. The van der Waals surface area contributed by atoms with Crippen LogP contribution >= 0.6 is 0 Å². The highest BCUT2D eigenvalue weighted by molar-refractivity contribution is 5.85. The molecule has 0 aliphatic carbocycles. The van der Waals surface area contributed by atoms with Gasteiger partial charge in [0.1, 0.15) is 0 Å². The summed E-state index contributed by atoms with van der Waals surface area (Å²) in [6.45, 7) is 5.94. The van der Waals surface area contributed by atoms with Gasteiger partial charge in [-0.1, -0.05) is 29.8 Å². The van der Waals surface area contributed by atoms with Crippen molar-refractivity contribution in [2.45, 2.75) is 45.7 Å². The van der Waals surface area contributed by atoms with Crippen molar-refractivity contribution >= 4 is 11.8 Å². The largest absolute Gasteiger partial charge is 0.354 e. The Morgan fingerprint density at radius 3 is 2.48 bits per heavy atom. The fourth-order valence-corrected chi connectivity index (χ4v) is 2.92. The summed E-state index contributed by atoms with van der Waals surface area (Å²) in [6.07, 6.45) is 1.05. The lowest BCUT2D eigenvalue weighted by atomic mass is 9.83. The van der Waals surface area contributed by atoms with Crippen LogP contribution in [0.2, 0.25) is 0 Å². The maximum atomic E-state index is 12.5. The Bertz CT molecular complexity index is 522. The van der Waals surface area contributed by atoms with Crippen molar-refractivity contribution in [3.63, 3.8) is 0 Å². The van der Waals surface area contributed by atoms with E-state index in [2.05, 4.69) is 5.32 Å². The summed E-state index contributed by atoms with van der Waals surface area (Å²) in [5.41, 5.74) is 2.20. The van der Waals surface area contributed by atoms with Crippen molar-refractivity contribution in [2.75, 3.05) is 7.05 Å². The van der Waals surface area contributed by atoms with E-state index in [4.69, 9.17) is 0 Å². The van der Waals surface area contributed by atoms with E-state index in [0.717, 1.165) is 5.56 Å². The van der Waals surface area contributed by atoms with Gasteiger partial charge in [0.25, 0.3) is 0 Å². The van der Waals surface area contributed by atoms with Crippen LogP contribution < -0.4 is 5.32 Å². The molecule has 114 valence electrons. The summed E-state index contributed by atoms with van der Waals surface area (Å²) < 4.78 is 0. The van der Waals surface area contributed by atoms with E-state index in [1.807, 2.05) is 45.0 Å². The van der Waals surface area contributed by atoms with Crippen molar-refractivity contribution < 1.29 is 9.59 Å². The molecule has 2 atom stereocenters. The van der Waals surface area contributed by atoms with Crippen LogP contribution in [0.1, 0.15) is 43.9 Å². The molecule has 0 bridgehead atoms. The molecule has 0 radical (unpaired) electrons. The first-order chi connectivity index (χ1) is 9.90. The second-order valence-corrected chi connectivity index (χ2v) is 6.17. The number of nitrogens with zero attached hydrogens (tertiary/aromatic N) is 1. The van der Waals surface area contributed by atoms with E-state index in [1.165, 1.54) is 5.56 Å². The minimum absolute atomic E-state index is 0.0370. The number of rotatable bonds is 3. The minimum atomic E-state index is -0.183. The van der Waals surface area contributed by atoms with Crippen molar-refractivity contribution in [2.24, 2.45) is 5.92 Å². The van der Waals surface area contributed by atoms with Gasteiger partial charge in [-0.3, -0.25) is 9.59 Å². The third-order valence-corrected chi connectivity index (χ3v) is 4.05. The molecular weight excluding hydrogens is 264 g/mol. The molecule has 21 heavy (non-hydrogen) atoms. The monoisotopic (exact) mass is 288 g/mol. The lowest BCUT2D eigenvalue weighted by Crippen LogP contribution is -2.47. The number of likely N-dealkylation sites (tertiary alicyclic amines) is 1. The van der Waals surface area contributed by atoms with Gasteiger partial charge < -0.3 is 10.2 Å². The topological polar surface area (TPSA) is 49.4 Å². The summed E-state index contributed by atoms with van der Waals surface area (Å²) in [5.74, 6) is -0.0399. The zero-order chi connectivity index (χ0) is 15.6. The first-order valence-electron chi connectivity index (χ1n) is 7.52. The zero-order valence-corrected chi connectivity index (χ0v) is 13.2. The van der Waals surface area contributed by atoms with Crippen LogP contribution in [-0.4, -0.2) is 29.8 Å². The SMILES string of the molecule is Cc1ccc([C@H]2[C@@H](C(=O)NC(C)C)CCC(=O)N2C)cc1. The number of hydrogen-bond donors (Lipinski definition) is 1. The number of carbonyl (C=O) groups excluding carboxylic acids is 2. The van der Waals surface area contributed by atoms with Gasteiger partial charge in [-0.25, -0.2) is 0 Å². The Kier molecular flexibility index (Phi) is 4.66. The van der Waals surface area contributed by atoms with E-state index in [0.29, 0.717) is 12.8 Å². The lowest BCUT2D eigenvalue weighted by Gasteiger charge is -2.38. The number of aryl methyl sites for hydroxylation is 1. The Hall–Kier alpha value is -1.84. The quantitative estimate of drug-likeness (QED) is 0.928. The molecule has 1 saturated heterocycles. The molecule has 4 nitrogen and oxygen atoms in total. The minimum Gasteiger partial charge on any atom is -0.354 e. The molecular formula is C17H24N2O2. The Labute approximate surface area is 126 Å². The van der Waals surface area contributed by atoms with E-state index < -0.39 is 0 Å². The maximum Gasteiger partial charge on any atom is 0.225 e. The fraction of sp³-hybridized carbons (Fsp3) is 0.529. The van der Waals surface area contributed by atoms with E-state index >= 15 is 0 Å². The van der Waals surface area contributed by atoms with Crippen LogP contribution in [0.15, 0.2) is 24.3 Å². The van der Waals surface area contributed by atoms with Crippen LogP contribution in [0.3, 0.4) is 0 Å². The van der Waals surface area contributed by atoms with E-state index in [9.17, 15) is 9.59 Å². The molecule has 4 heteroatoms. The Morgan fingerprint density at radius 2 is 1.90 bits per heavy atom. The van der Waals surface area contributed by atoms with E-state index in [1.54, 1.807) is 11.9 Å². The smallest absolute Gasteiger partial charge is 0.225 e. The van der Waals surface area contributed by atoms with Gasteiger partial charge >= 0.3 is 0 Å². The number of piperidine rings is 1.